The first-order valence-corrected chi connectivity index (χ1v) is 6.92. The molecule has 106 valence electrons. The molecule has 0 saturated carbocycles. The maximum absolute atomic E-state index is 11.2. The number of hydrogen-bond donors (Lipinski definition) is 1. The lowest BCUT2D eigenvalue weighted by molar-refractivity contribution is 0.0695. The van der Waals surface area contributed by atoms with Crippen molar-refractivity contribution >= 4 is 5.97 Å². The second-order valence-corrected chi connectivity index (χ2v) is 5.24. The zero-order chi connectivity index (χ0) is 14.5. The van der Waals surface area contributed by atoms with Crippen LogP contribution in [0.5, 0.6) is 0 Å². The number of aromatic carboxylic acids is 1. The molecule has 0 aliphatic carbocycles. The van der Waals surface area contributed by atoms with Crippen molar-refractivity contribution in [2.45, 2.75) is 39.2 Å². The number of benzene rings is 1. The second kappa shape index (κ2) is 6.37. The summed E-state index contributed by atoms with van der Waals surface area (Å²) in [6.07, 6.45) is 3.56. The zero-order valence-electron chi connectivity index (χ0n) is 11.9. The van der Waals surface area contributed by atoms with E-state index in [9.17, 15) is 9.90 Å². The van der Waals surface area contributed by atoms with Crippen LogP contribution >= 0.6 is 0 Å². The van der Waals surface area contributed by atoms with E-state index in [1.165, 1.54) is 5.56 Å². The molecule has 4 nitrogen and oxygen atoms in total. The summed E-state index contributed by atoms with van der Waals surface area (Å²) in [6, 6.07) is 10.3. The standard InChI is InChI=1S/C16H20N2O2/c1-12(2)15-14(16(19)20)11-18(17-15)10-6-9-13-7-4-3-5-8-13/h3-5,7-8,11-12H,6,9-10H2,1-2H3,(H,19,20). The molecule has 0 saturated heterocycles. The van der Waals surface area contributed by atoms with Gasteiger partial charge in [-0.2, -0.15) is 5.10 Å². The summed E-state index contributed by atoms with van der Waals surface area (Å²) in [6.45, 7) is 4.66. The molecule has 1 aromatic heterocycles. The lowest BCUT2D eigenvalue weighted by atomic mass is 10.1. The Balaban J connectivity index is 2.00. The summed E-state index contributed by atoms with van der Waals surface area (Å²) in [5, 5.41) is 13.6. The van der Waals surface area contributed by atoms with E-state index in [2.05, 4.69) is 17.2 Å². The maximum atomic E-state index is 11.2. The van der Waals surface area contributed by atoms with E-state index in [0.29, 0.717) is 11.3 Å². The van der Waals surface area contributed by atoms with Crippen LogP contribution in [0.3, 0.4) is 0 Å². The van der Waals surface area contributed by atoms with E-state index in [1.54, 1.807) is 10.9 Å². The summed E-state index contributed by atoms with van der Waals surface area (Å²) < 4.78 is 1.75. The predicted octanol–water partition coefficient (Wildman–Crippen LogP) is 3.34. The van der Waals surface area contributed by atoms with Gasteiger partial charge in [-0.1, -0.05) is 44.2 Å². The van der Waals surface area contributed by atoms with Gasteiger partial charge in [-0.15, -0.1) is 0 Å². The van der Waals surface area contributed by atoms with Crippen LogP contribution in [0.4, 0.5) is 0 Å². The monoisotopic (exact) mass is 272 g/mol. The van der Waals surface area contributed by atoms with Crippen molar-refractivity contribution in [3.8, 4) is 0 Å². The van der Waals surface area contributed by atoms with E-state index in [-0.39, 0.29) is 5.92 Å². The van der Waals surface area contributed by atoms with Gasteiger partial charge in [0.1, 0.15) is 5.56 Å². The number of aryl methyl sites for hydroxylation is 2. The molecule has 0 unspecified atom stereocenters. The summed E-state index contributed by atoms with van der Waals surface area (Å²) in [4.78, 5) is 11.2. The zero-order valence-corrected chi connectivity index (χ0v) is 11.9. The summed E-state index contributed by atoms with van der Waals surface area (Å²) >= 11 is 0. The van der Waals surface area contributed by atoms with Gasteiger partial charge in [-0.3, -0.25) is 4.68 Å². The number of nitrogens with zero attached hydrogens (tertiary/aromatic N) is 2. The maximum Gasteiger partial charge on any atom is 0.339 e. The van der Waals surface area contributed by atoms with Crippen LogP contribution in [-0.4, -0.2) is 20.9 Å². The largest absolute Gasteiger partial charge is 0.478 e. The number of carboxylic acid groups (broad SMARTS) is 1. The third-order valence-corrected chi connectivity index (χ3v) is 3.26. The quantitative estimate of drug-likeness (QED) is 0.877. The summed E-state index contributed by atoms with van der Waals surface area (Å²) in [7, 11) is 0. The van der Waals surface area contributed by atoms with E-state index in [4.69, 9.17) is 0 Å². The van der Waals surface area contributed by atoms with Crippen LogP contribution in [0, 0.1) is 0 Å². The minimum atomic E-state index is -0.900. The van der Waals surface area contributed by atoms with Gasteiger partial charge >= 0.3 is 5.97 Å². The SMILES string of the molecule is CC(C)c1nn(CCCc2ccccc2)cc1C(=O)O. The lowest BCUT2D eigenvalue weighted by Gasteiger charge is -2.03. The first-order valence-electron chi connectivity index (χ1n) is 6.92. The molecule has 0 aliphatic heterocycles. The molecule has 0 atom stereocenters. The molecule has 1 heterocycles. The van der Waals surface area contributed by atoms with Crippen LogP contribution < -0.4 is 0 Å². The average molecular weight is 272 g/mol. The highest BCUT2D eigenvalue weighted by atomic mass is 16.4. The Morgan fingerprint density at radius 3 is 2.55 bits per heavy atom. The van der Waals surface area contributed by atoms with Gasteiger partial charge in [0.15, 0.2) is 0 Å². The molecule has 20 heavy (non-hydrogen) atoms. The smallest absolute Gasteiger partial charge is 0.339 e. The molecule has 4 heteroatoms. The number of aromatic nitrogens is 2. The summed E-state index contributed by atoms with van der Waals surface area (Å²) in [5.74, 6) is -0.778. The Morgan fingerprint density at radius 1 is 1.30 bits per heavy atom. The highest BCUT2D eigenvalue weighted by molar-refractivity contribution is 5.88. The third kappa shape index (κ3) is 3.47. The third-order valence-electron chi connectivity index (χ3n) is 3.26. The lowest BCUT2D eigenvalue weighted by Crippen LogP contribution is -2.02. The molecule has 0 amide bonds. The van der Waals surface area contributed by atoms with Crippen molar-refractivity contribution in [1.82, 2.24) is 9.78 Å². The molecule has 0 aliphatic rings. The van der Waals surface area contributed by atoms with Gasteiger partial charge in [0.2, 0.25) is 0 Å². The molecule has 0 spiro atoms. The number of carbonyl (C=O) groups is 1. The Bertz CT molecular complexity index is 573. The van der Waals surface area contributed by atoms with Crippen molar-refractivity contribution in [3.63, 3.8) is 0 Å². The van der Waals surface area contributed by atoms with E-state index in [1.807, 2.05) is 32.0 Å². The number of rotatable bonds is 6. The molecule has 1 N–H and O–H groups in total. The van der Waals surface area contributed by atoms with Crippen molar-refractivity contribution in [2.75, 3.05) is 0 Å². The Labute approximate surface area is 119 Å². The molecule has 2 aromatic rings. The predicted molar refractivity (Wildman–Crippen MR) is 78.0 cm³/mol. The highest BCUT2D eigenvalue weighted by Crippen LogP contribution is 2.18. The van der Waals surface area contributed by atoms with E-state index in [0.717, 1.165) is 19.4 Å². The van der Waals surface area contributed by atoms with Crippen molar-refractivity contribution in [2.24, 2.45) is 0 Å². The Morgan fingerprint density at radius 2 is 2.00 bits per heavy atom. The van der Waals surface area contributed by atoms with Crippen molar-refractivity contribution in [3.05, 3.63) is 53.3 Å². The molecule has 2 rings (SSSR count). The van der Waals surface area contributed by atoms with Gasteiger partial charge in [0.05, 0.1) is 5.69 Å². The number of carboxylic acids is 1. The van der Waals surface area contributed by atoms with Crippen LogP contribution in [0.1, 0.15) is 47.8 Å². The summed E-state index contributed by atoms with van der Waals surface area (Å²) in [5.41, 5.74) is 2.28. The fraction of sp³-hybridized carbons (Fsp3) is 0.375. The van der Waals surface area contributed by atoms with Gasteiger partial charge < -0.3 is 5.11 Å². The first-order chi connectivity index (χ1) is 9.58. The van der Waals surface area contributed by atoms with E-state index < -0.39 is 5.97 Å². The number of hydrogen-bond acceptors (Lipinski definition) is 2. The van der Waals surface area contributed by atoms with Gasteiger partial charge in [0, 0.05) is 12.7 Å². The minimum Gasteiger partial charge on any atom is -0.478 e. The van der Waals surface area contributed by atoms with E-state index >= 15 is 0 Å². The van der Waals surface area contributed by atoms with Crippen LogP contribution in [0.15, 0.2) is 36.5 Å². The van der Waals surface area contributed by atoms with Gasteiger partial charge in [-0.05, 0) is 24.3 Å². The Kier molecular flexibility index (Phi) is 4.56. The molecular formula is C16H20N2O2. The normalized spacial score (nSPS) is 10.9. The first kappa shape index (κ1) is 14.3. The molecule has 0 radical (unpaired) electrons. The second-order valence-electron chi connectivity index (χ2n) is 5.24. The van der Waals surface area contributed by atoms with Crippen molar-refractivity contribution < 1.29 is 9.90 Å². The van der Waals surface area contributed by atoms with Gasteiger partial charge in [-0.25, -0.2) is 4.79 Å². The van der Waals surface area contributed by atoms with Crippen molar-refractivity contribution in [1.29, 1.82) is 0 Å². The Hall–Kier alpha value is -2.10. The fourth-order valence-corrected chi connectivity index (χ4v) is 2.23. The molecular weight excluding hydrogens is 252 g/mol. The minimum absolute atomic E-state index is 0.122. The van der Waals surface area contributed by atoms with Crippen LogP contribution in [0.25, 0.3) is 0 Å². The highest BCUT2D eigenvalue weighted by Gasteiger charge is 2.17. The fourth-order valence-electron chi connectivity index (χ4n) is 2.23. The average Bonchev–Trinajstić information content (AvgIpc) is 2.85. The van der Waals surface area contributed by atoms with Gasteiger partial charge in [0.25, 0.3) is 0 Å². The van der Waals surface area contributed by atoms with Crippen LogP contribution in [0.2, 0.25) is 0 Å². The molecule has 0 fully saturated rings. The topological polar surface area (TPSA) is 55.1 Å². The molecule has 1 aromatic carbocycles. The molecule has 0 bridgehead atoms. The van der Waals surface area contributed by atoms with Crippen LogP contribution in [-0.2, 0) is 13.0 Å².